The number of amides is 1. The van der Waals surface area contributed by atoms with E-state index in [4.69, 9.17) is 9.47 Å². The van der Waals surface area contributed by atoms with Crippen molar-refractivity contribution in [3.8, 4) is 5.75 Å². The minimum Gasteiger partial charge on any atom is -0.491 e. The Morgan fingerprint density at radius 1 is 1.13 bits per heavy atom. The van der Waals surface area contributed by atoms with E-state index in [0.29, 0.717) is 44.0 Å². The number of hydrogen-bond donors (Lipinski definition) is 1. The lowest BCUT2D eigenvalue weighted by atomic mass is 9.99. The van der Waals surface area contributed by atoms with E-state index in [0.717, 1.165) is 4.47 Å². The zero-order chi connectivity index (χ0) is 21.6. The second-order valence-corrected chi connectivity index (χ2v) is 9.86. The molecule has 0 spiro atoms. The van der Waals surface area contributed by atoms with Gasteiger partial charge in [0.25, 0.3) is 0 Å². The number of sulfonamides is 1. The average Bonchev–Trinajstić information content (AvgIpc) is 2.75. The molecule has 30 heavy (non-hydrogen) atoms. The van der Waals surface area contributed by atoms with Crippen LogP contribution >= 0.6 is 15.9 Å². The van der Waals surface area contributed by atoms with Crippen LogP contribution in [-0.2, 0) is 19.6 Å². The van der Waals surface area contributed by atoms with Crippen molar-refractivity contribution >= 4 is 37.5 Å². The first-order chi connectivity index (χ1) is 14.4. The number of anilines is 1. The number of carbonyl (C=O) groups is 1. The normalized spacial score (nSPS) is 17.5. The second-order valence-electron chi connectivity index (χ2n) is 7.01. The number of nitrogens with one attached hydrogen (secondary N) is 1. The van der Waals surface area contributed by atoms with Crippen molar-refractivity contribution in [2.24, 2.45) is 5.92 Å². The molecule has 1 heterocycles. The van der Waals surface area contributed by atoms with Crippen LogP contribution in [0.4, 0.5) is 5.69 Å². The quantitative estimate of drug-likeness (QED) is 0.565. The molecule has 1 saturated heterocycles. The van der Waals surface area contributed by atoms with Crippen LogP contribution in [0.2, 0.25) is 0 Å². The number of piperidine rings is 1. The molecule has 1 fully saturated rings. The predicted molar refractivity (Wildman–Crippen MR) is 118 cm³/mol. The summed E-state index contributed by atoms with van der Waals surface area (Å²) < 4.78 is 38.5. The largest absolute Gasteiger partial charge is 0.491 e. The number of methoxy groups -OCH3 is 1. The molecule has 3 rings (SSSR count). The first kappa shape index (κ1) is 22.7. The molecular weight excluding hydrogens is 472 g/mol. The second kappa shape index (κ2) is 10.4. The van der Waals surface area contributed by atoms with E-state index in [1.54, 1.807) is 55.6 Å². The molecule has 1 unspecified atom stereocenters. The van der Waals surface area contributed by atoms with Crippen LogP contribution in [0.25, 0.3) is 0 Å². The third-order valence-corrected chi connectivity index (χ3v) is 7.29. The van der Waals surface area contributed by atoms with Crippen molar-refractivity contribution in [1.29, 1.82) is 0 Å². The predicted octanol–water partition coefficient (Wildman–Crippen LogP) is 3.51. The molecule has 0 bridgehead atoms. The van der Waals surface area contributed by atoms with Crippen molar-refractivity contribution in [2.45, 2.75) is 17.7 Å². The number of benzene rings is 2. The van der Waals surface area contributed by atoms with Gasteiger partial charge in [-0.3, -0.25) is 4.79 Å². The van der Waals surface area contributed by atoms with Crippen LogP contribution in [0, 0.1) is 5.92 Å². The molecule has 1 aliphatic rings. The van der Waals surface area contributed by atoms with E-state index in [1.807, 2.05) is 0 Å². The lowest BCUT2D eigenvalue weighted by Gasteiger charge is -2.31. The minimum atomic E-state index is -3.63. The Labute approximate surface area is 185 Å². The van der Waals surface area contributed by atoms with Gasteiger partial charge in [-0.1, -0.05) is 15.9 Å². The van der Waals surface area contributed by atoms with E-state index in [2.05, 4.69) is 21.2 Å². The fourth-order valence-corrected chi connectivity index (χ4v) is 5.04. The molecule has 1 N–H and O–H groups in total. The number of nitrogens with zero attached hydrogens (tertiary/aromatic N) is 1. The number of hydrogen-bond acceptors (Lipinski definition) is 5. The molecular formula is C21H25BrN2O5S. The van der Waals surface area contributed by atoms with Crippen molar-refractivity contribution < 1.29 is 22.7 Å². The van der Waals surface area contributed by atoms with Gasteiger partial charge in [-0.25, -0.2) is 8.42 Å². The van der Waals surface area contributed by atoms with E-state index in [1.165, 1.54) is 4.31 Å². The maximum Gasteiger partial charge on any atom is 0.243 e. The van der Waals surface area contributed by atoms with Crippen LogP contribution < -0.4 is 10.1 Å². The number of halogens is 1. The zero-order valence-corrected chi connectivity index (χ0v) is 19.1. The highest BCUT2D eigenvalue weighted by atomic mass is 79.9. The Bertz CT molecular complexity index is 948. The van der Waals surface area contributed by atoms with E-state index in [-0.39, 0.29) is 17.3 Å². The van der Waals surface area contributed by atoms with Gasteiger partial charge >= 0.3 is 0 Å². The Kier molecular flexibility index (Phi) is 7.87. The Balaban J connectivity index is 1.61. The Morgan fingerprint density at radius 2 is 1.83 bits per heavy atom. The Hall–Kier alpha value is -1.94. The summed E-state index contributed by atoms with van der Waals surface area (Å²) in [6.45, 7) is 1.53. The molecule has 1 amide bonds. The molecule has 0 aliphatic carbocycles. The highest BCUT2D eigenvalue weighted by Gasteiger charge is 2.33. The molecule has 1 atom stereocenters. The third kappa shape index (κ3) is 5.81. The summed E-state index contributed by atoms with van der Waals surface area (Å²) >= 11 is 3.31. The van der Waals surface area contributed by atoms with Crippen LogP contribution in [-0.4, -0.2) is 52.0 Å². The SMILES string of the molecule is COCCOc1ccc(NC(=O)C2CCCN(S(=O)(=O)c3ccc(Br)cc3)C2)cc1. The summed E-state index contributed by atoms with van der Waals surface area (Å²) in [5, 5.41) is 2.88. The van der Waals surface area contributed by atoms with E-state index >= 15 is 0 Å². The standard InChI is InChI=1S/C21H25BrN2O5S/c1-28-13-14-29-19-8-6-18(7-9-19)23-21(25)16-3-2-12-24(15-16)30(26,27)20-10-4-17(22)5-11-20/h4-11,16H,2-3,12-15H2,1H3,(H,23,25). The van der Waals surface area contributed by atoms with Gasteiger partial charge in [-0.2, -0.15) is 4.31 Å². The van der Waals surface area contributed by atoms with Crippen LogP contribution in [0.15, 0.2) is 57.9 Å². The molecule has 0 saturated carbocycles. The van der Waals surface area contributed by atoms with Gasteiger partial charge in [0.15, 0.2) is 0 Å². The van der Waals surface area contributed by atoms with E-state index in [9.17, 15) is 13.2 Å². The lowest BCUT2D eigenvalue weighted by molar-refractivity contribution is -0.120. The van der Waals surface area contributed by atoms with Gasteiger partial charge in [0, 0.05) is 30.4 Å². The summed E-state index contributed by atoms with van der Waals surface area (Å²) in [7, 11) is -2.02. The molecule has 1 aliphatic heterocycles. The fraction of sp³-hybridized carbons (Fsp3) is 0.381. The molecule has 9 heteroatoms. The van der Waals surface area contributed by atoms with Crippen LogP contribution in [0.5, 0.6) is 5.75 Å². The molecule has 0 radical (unpaired) electrons. The summed E-state index contributed by atoms with van der Waals surface area (Å²) in [5.41, 5.74) is 0.645. The average molecular weight is 497 g/mol. The molecule has 162 valence electrons. The maximum absolute atomic E-state index is 12.9. The monoisotopic (exact) mass is 496 g/mol. The highest BCUT2D eigenvalue weighted by molar-refractivity contribution is 9.10. The van der Waals surface area contributed by atoms with Crippen LogP contribution in [0.3, 0.4) is 0 Å². The summed E-state index contributed by atoms with van der Waals surface area (Å²) in [6.07, 6.45) is 1.29. The topological polar surface area (TPSA) is 84.9 Å². The zero-order valence-electron chi connectivity index (χ0n) is 16.7. The first-order valence-corrected chi connectivity index (χ1v) is 11.9. The van der Waals surface area contributed by atoms with Crippen molar-refractivity contribution in [1.82, 2.24) is 4.31 Å². The van der Waals surface area contributed by atoms with Gasteiger partial charge < -0.3 is 14.8 Å². The van der Waals surface area contributed by atoms with Gasteiger partial charge in [0.1, 0.15) is 12.4 Å². The summed E-state index contributed by atoms with van der Waals surface area (Å²) in [4.78, 5) is 13.0. The van der Waals surface area contributed by atoms with Gasteiger partial charge in [-0.15, -0.1) is 0 Å². The minimum absolute atomic E-state index is 0.169. The molecule has 0 aromatic heterocycles. The Morgan fingerprint density at radius 3 is 2.50 bits per heavy atom. The summed E-state index contributed by atoms with van der Waals surface area (Å²) in [6, 6.07) is 13.6. The van der Waals surface area contributed by atoms with Crippen LogP contribution in [0.1, 0.15) is 12.8 Å². The van der Waals surface area contributed by atoms with Gasteiger partial charge in [0.2, 0.25) is 15.9 Å². The van der Waals surface area contributed by atoms with E-state index < -0.39 is 15.9 Å². The molecule has 7 nitrogen and oxygen atoms in total. The van der Waals surface area contributed by atoms with Crippen molar-refractivity contribution in [3.63, 3.8) is 0 Å². The van der Waals surface area contributed by atoms with Gasteiger partial charge in [0.05, 0.1) is 17.4 Å². The maximum atomic E-state index is 12.9. The van der Waals surface area contributed by atoms with Crippen molar-refractivity contribution in [3.05, 3.63) is 53.0 Å². The van der Waals surface area contributed by atoms with Gasteiger partial charge in [-0.05, 0) is 61.4 Å². The number of rotatable bonds is 8. The molecule has 2 aromatic carbocycles. The van der Waals surface area contributed by atoms with Crippen molar-refractivity contribution in [2.75, 3.05) is 38.7 Å². The highest BCUT2D eigenvalue weighted by Crippen LogP contribution is 2.26. The third-order valence-electron chi connectivity index (χ3n) is 4.88. The fourth-order valence-electron chi connectivity index (χ4n) is 3.25. The number of carbonyl (C=O) groups excluding carboxylic acids is 1. The number of ether oxygens (including phenoxy) is 2. The molecule has 2 aromatic rings. The summed E-state index contributed by atoms with van der Waals surface area (Å²) in [5.74, 6) is 0.106. The first-order valence-electron chi connectivity index (χ1n) is 9.68. The lowest BCUT2D eigenvalue weighted by Crippen LogP contribution is -2.43. The smallest absolute Gasteiger partial charge is 0.243 e.